The summed E-state index contributed by atoms with van der Waals surface area (Å²) in [6.45, 7) is 2.71. The maximum absolute atomic E-state index is 12.2. The van der Waals surface area contributed by atoms with E-state index < -0.39 is 0 Å². The van der Waals surface area contributed by atoms with Crippen molar-refractivity contribution in [1.29, 1.82) is 0 Å². The Kier molecular flexibility index (Phi) is 4.10. The summed E-state index contributed by atoms with van der Waals surface area (Å²) in [5.41, 5.74) is 1.46. The van der Waals surface area contributed by atoms with E-state index in [4.69, 9.17) is 9.15 Å². The van der Waals surface area contributed by atoms with E-state index in [9.17, 15) is 4.79 Å². The zero-order chi connectivity index (χ0) is 15.4. The highest BCUT2D eigenvalue weighted by Gasteiger charge is 2.20. The molecule has 4 nitrogen and oxygen atoms in total. The minimum Gasteiger partial charge on any atom is -0.489 e. The van der Waals surface area contributed by atoms with Gasteiger partial charge in [-0.05, 0) is 25.1 Å². The number of ether oxygens (including phenoxy) is 1. The molecule has 0 saturated heterocycles. The van der Waals surface area contributed by atoms with Gasteiger partial charge in [-0.3, -0.25) is 4.79 Å². The molecule has 4 heteroatoms. The molecule has 0 unspecified atom stereocenters. The molecule has 0 bridgehead atoms. The molecule has 3 aromatic rings. The number of nitrogens with one attached hydrogen (secondary N) is 1. The van der Waals surface area contributed by atoms with Crippen molar-refractivity contribution in [3.8, 4) is 5.75 Å². The van der Waals surface area contributed by atoms with Crippen LogP contribution >= 0.6 is 0 Å². The minimum absolute atomic E-state index is 0.217. The van der Waals surface area contributed by atoms with Gasteiger partial charge in [-0.25, -0.2) is 0 Å². The van der Waals surface area contributed by atoms with E-state index in [-0.39, 0.29) is 12.5 Å². The van der Waals surface area contributed by atoms with Gasteiger partial charge in [-0.2, -0.15) is 0 Å². The fraction of sp³-hybridized carbons (Fsp3) is 0.167. The molecule has 112 valence electrons. The molecule has 0 saturated carbocycles. The van der Waals surface area contributed by atoms with Crippen molar-refractivity contribution in [2.75, 3.05) is 6.54 Å². The van der Waals surface area contributed by atoms with Crippen molar-refractivity contribution >= 4 is 16.9 Å². The van der Waals surface area contributed by atoms with Crippen molar-refractivity contribution in [3.63, 3.8) is 0 Å². The third-order valence-corrected chi connectivity index (χ3v) is 3.37. The lowest BCUT2D eigenvalue weighted by Gasteiger charge is -2.06. The van der Waals surface area contributed by atoms with Crippen LogP contribution in [0.25, 0.3) is 11.0 Å². The summed E-state index contributed by atoms with van der Waals surface area (Å²) in [4.78, 5) is 12.2. The number of amides is 1. The van der Waals surface area contributed by atoms with Crippen LogP contribution in [0.3, 0.4) is 0 Å². The fourth-order valence-electron chi connectivity index (χ4n) is 2.34. The van der Waals surface area contributed by atoms with Gasteiger partial charge in [-0.1, -0.05) is 36.4 Å². The van der Waals surface area contributed by atoms with Gasteiger partial charge in [0.15, 0.2) is 5.76 Å². The molecule has 1 amide bonds. The van der Waals surface area contributed by atoms with Crippen molar-refractivity contribution in [1.82, 2.24) is 5.32 Å². The van der Waals surface area contributed by atoms with E-state index in [0.717, 1.165) is 16.7 Å². The second-order valence-corrected chi connectivity index (χ2v) is 4.87. The van der Waals surface area contributed by atoms with Gasteiger partial charge in [0.1, 0.15) is 17.9 Å². The smallest absolute Gasteiger partial charge is 0.287 e. The number of hydrogen-bond donors (Lipinski definition) is 1. The number of furan rings is 1. The average molecular weight is 295 g/mol. The zero-order valence-electron chi connectivity index (χ0n) is 12.3. The highest BCUT2D eigenvalue weighted by Crippen LogP contribution is 2.27. The molecule has 1 heterocycles. The first-order valence-corrected chi connectivity index (χ1v) is 7.26. The topological polar surface area (TPSA) is 51.5 Å². The van der Waals surface area contributed by atoms with Crippen LogP contribution in [-0.4, -0.2) is 12.5 Å². The van der Waals surface area contributed by atoms with Gasteiger partial charge in [0.25, 0.3) is 5.91 Å². The summed E-state index contributed by atoms with van der Waals surface area (Å²) in [6, 6.07) is 17.1. The third-order valence-electron chi connectivity index (χ3n) is 3.37. The summed E-state index contributed by atoms with van der Waals surface area (Å²) < 4.78 is 11.5. The number of carbonyl (C=O) groups excluding carboxylic acids is 1. The van der Waals surface area contributed by atoms with E-state index >= 15 is 0 Å². The van der Waals surface area contributed by atoms with Gasteiger partial charge in [0, 0.05) is 17.5 Å². The Labute approximate surface area is 128 Å². The van der Waals surface area contributed by atoms with Gasteiger partial charge in [-0.15, -0.1) is 0 Å². The molecule has 0 aliphatic rings. The first-order valence-electron chi connectivity index (χ1n) is 7.26. The van der Waals surface area contributed by atoms with Crippen LogP contribution < -0.4 is 10.1 Å². The second-order valence-electron chi connectivity index (χ2n) is 4.87. The highest BCUT2D eigenvalue weighted by atomic mass is 16.5. The number of fused-ring (bicyclic) bond motifs is 1. The minimum atomic E-state index is -0.217. The van der Waals surface area contributed by atoms with Crippen molar-refractivity contribution in [3.05, 3.63) is 65.9 Å². The van der Waals surface area contributed by atoms with Crippen LogP contribution in [0.15, 0.2) is 59.0 Å². The highest BCUT2D eigenvalue weighted by molar-refractivity contribution is 5.99. The van der Waals surface area contributed by atoms with Crippen LogP contribution in [0, 0.1) is 0 Å². The maximum Gasteiger partial charge on any atom is 0.287 e. The summed E-state index contributed by atoms with van der Waals surface area (Å²) in [5, 5.41) is 3.68. The van der Waals surface area contributed by atoms with E-state index in [2.05, 4.69) is 5.32 Å². The Balaban J connectivity index is 1.95. The zero-order valence-corrected chi connectivity index (χ0v) is 12.3. The molecule has 0 aliphatic carbocycles. The quantitative estimate of drug-likeness (QED) is 0.779. The molecular formula is C18H17NO3. The van der Waals surface area contributed by atoms with Gasteiger partial charge < -0.3 is 14.5 Å². The maximum atomic E-state index is 12.2. The molecule has 1 N–H and O–H groups in total. The monoisotopic (exact) mass is 295 g/mol. The summed E-state index contributed by atoms with van der Waals surface area (Å²) >= 11 is 0. The largest absolute Gasteiger partial charge is 0.489 e. The first kappa shape index (κ1) is 14.2. The molecule has 0 fully saturated rings. The van der Waals surface area contributed by atoms with Gasteiger partial charge >= 0.3 is 0 Å². The molecule has 0 spiro atoms. The Hall–Kier alpha value is -2.75. The van der Waals surface area contributed by atoms with Crippen LogP contribution in [0.1, 0.15) is 23.0 Å². The lowest BCUT2D eigenvalue weighted by molar-refractivity contribution is 0.0927. The molecular weight excluding hydrogens is 278 g/mol. The summed E-state index contributed by atoms with van der Waals surface area (Å²) in [7, 11) is 0. The van der Waals surface area contributed by atoms with Gasteiger partial charge in [0.05, 0.1) is 0 Å². The lowest BCUT2D eigenvalue weighted by atomic mass is 10.1. The third kappa shape index (κ3) is 2.81. The van der Waals surface area contributed by atoms with Crippen molar-refractivity contribution in [2.24, 2.45) is 0 Å². The second kappa shape index (κ2) is 6.35. The van der Waals surface area contributed by atoms with E-state index in [1.807, 2.05) is 61.5 Å². The molecule has 1 aromatic heterocycles. The molecule has 0 aliphatic heterocycles. The average Bonchev–Trinajstić information content (AvgIpc) is 2.93. The molecule has 2 aromatic carbocycles. The number of para-hydroxylation sites is 2. The Bertz CT molecular complexity index is 777. The molecule has 22 heavy (non-hydrogen) atoms. The van der Waals surface area contributed by atoms with Gasteiger partial charge in [0.2, 0.25) is 0 Å². The number of rotatable bonds is 5. The van der Waals surface area contributed by atoms with E-state index in [1.54, 1.807) is 0 Å². The van der Waals surface area contributed by atoms with E-state index in [1.165, 1.54) is 0 Å². The SMILES string of the molecule is CCNC(=O)c1oc2ccccc2c1COc1ccccc1. The summed E-state index contributed by atoms with van der Waals surface area (Å²) in [5.74, 6) is 0.860. The lowest BCUT2D eigenvalue weighted by Crippen LogP contribution is -2.23. The van der Waals surface area contributed by atoms with Crippen LogP contribution in [0.4, 0.5) is 0 Å². The fourth-order valence-corrected chi connectivity index (χ4v) is 2.34. The molecule has 0 radical (unpaired) electrons. The van der Waals surface area contributed by atoms with Crippen LogP contribution in [0.2, 0.25) is 0 Å². The predicted molar refractivity (Wildman–Crippen MR) is 85.0 cm³/mol. The Morgan fingerprint density at radius 2 is 1.82 bits per heavy atom. The van der Waals surface area contributed by atoms with Crippen LogP contribution in [0.5, 0.6) is 5.75 Å². The molecule has 3 rings (SSSR count). The van der Waals surface area contributed by atoms with Crippen molar-refractivity contribution in [2.45, 2.75) is 13.5 Å². The first-order chi connectivity index (χ1) is 10.8. The predicted octanol–water partition coefficient (Wildman–Crippen LogP) is 3.76. The number of benzene rings is 2. The summed E-state index contributed by atoms with van der Waals surface area (Å²) in [6.07, 6.45) is 0. The normalized spacial score (nSPS) is 10.6. The standard InChI is InChI=1S/C18H17NO3/c1-2-19-18(20)17-15(12-21-13-8-4-3-5-9-13)14-10-6-7-11-16(14)22-17/h3-11H,2,12H2,1H3,(H,19,20). The van der Waals surface area contributed by atoms with Crippen LogP contribution in [-0.2, 0) is 6.61 Å². The Morgan fingerprint density at radius 3 is 2.59 bits per heavy atom. The number of hydrogen-bond acceptors (Lipinski definition) is 3. The number of carbonyl (C=O) groups is 1. The molecule has 0 atom stereocenters. The van der Waals surface area contributed by atoms with E-state index in [0.29, 0.717) is 17.9 Å². The Morgan fingerprint density at radius 1 is 1.09 bits per heavy atom. The van der Waals surface area contributed by atoms with Crippen molar-refractivity contribution < 1.29 is 13.9 Å².